The van der Waals surface area contributed by atoms with Crippen LogP contribution in [-0.2, 0) is 17.4 Å². The van der Waals surface area contributed by atoms with Gasteiger partial charge < -0.3 is 0 Å². The standard InChI is InChI=1S/C18H17F4NO2/c1-12(10-13-6-5-7-14(19)11-13)23(25-2)17(24)15-8-3-4-9-16(15)18(20,21)22/h3-9,11-12H,10H2,1-2H3/t12-/m0/s1. The van der Waals surface area contributed by atoms with Crippen molar-refractivity contribution in [2.45, 2.75) is 25.6 Å². The molecule has 0 aliphatic rings. The van der Waals surface area contributed by atoms with Gasteiger partial charge >= 0.3 is 6.18 Å². The molecule has 0 N–H and O–H groups in total. The first-order valence-electron chi connectivity index (χ1n) is 7.52. The van der Waals surface area contributed by atoms with Crippen LogP contribution in [0.1, 0.15) is 28.4 Å². The lowest BCUT2D eigenvalue weighted by Gasteiger charge is -2.27. The summed E-state index contributed by atoms with van der Waals surface area (Å²) in [7, 11) is 1.20. The summed E-state index contributed by atoms with van der Waals surface area (Å²) in [5.74, 6) is -1.33. The molecule has 0 spiro atoms. The highest BCUT2D eigenvalue weighted by atomic mass is 19.4. The van der Waals surface area contributed by atoms with E-state index in [1.807, 2.05) is 0 Å². The number of alkyl halides is 3. The third-order valence-corrected chi connectivity index (χ3v) is 3.68. The summed E-state index contributed by atoms with van der Waals surface area (Å²) in [6.45, 7) is 1.61. The number of carbonyl (C=O) groups is 1. The molecule has 2 aromatic carbocycles. The quantitative estimate of drug-likeness (QED) is 0.585. The van der Waals surface area contributed by atoms with Crippen LogP contribution in [0.25, 0.3) is 0 Å². The Morgan fingerprint density at radius 3 is 2.44 bits per heavy atom. The van der Waals surface area contributed by atoms with Crippen LogP contribution in [0.4, 0.5) is 17.6 Å². The highest BCUT2D eigenvalue weighted by Gasteiger charge is 2.36. The molecular formula is C18H17F4NO2. The molecule has 0 aliphatic carbocycles. The predicted octanol–water partition coefficient (Wildman–Crippen LogP) is 4.48. The normalized spacial score (nSPS) is 12.7. The van der Waals surface area contributed by atoms with Crippen molar-refractivity contribution in [1.82, 2.24) is 5.06 Å². The molecule has 1 amide bonds. The van der Waals surface area contributed by atoms with Crippen LogP contribution in [0.2, 0.25) is 0 Å². The Bertz CT molecular complexity index is 746. The monoisotopic (exact) mass is 355 g/mol. The van der Waals surface area contributed by atoms with Gasteiger partial charge in [-0.25, -0.2) is 9.45 Å². The van der Waals surface area contributed by atoms with Crippen molar-refractivity contribution >= 4 is 5.91 Å². The number of carbonyl (C=O) groups excluding carboxylic acids is 1. The first kappa shape index (κ1) is 18.9. The molecule has 7 heteroatoms. The van der Waals surface area contributed by atoms with E-state index in [0.29, 0.717) is 5.56 Å². The predicted molar refractivity (Wildman–Crippen MR) is 84.2 cm³/mol. The molecule has 0 saturated carbocycles. The zero-order chi connectivity index (χ0) is 18.6. The van der Waals surface area contributed by atoms with E-state index in [9.17, 15) is 22.4 Å². The SMILES string of the molecule is CON(C(=O)c1ccccc1C(F)(F)F)[C@@H](C)Cc1cccc(F)c1. The summed E-state index contributed by atoms with van der Waals surface area (Å²) in [6.07, 6.45) is -4.43. The Morgan fingerprint density at radius 1 is 1.16 bits per heavy atom. The van der Waals surface area contributed by atoms with Crippen molar-refractivity contribution in [2.75, 3.05) is 7.11 Å². The van der Waals surface area contributed by atoms with Gasteiger partial charge in [0.15, 0.2) is 0 Å². The molecule has 0 unspecified atom stereocenters. The number of hydrogen-bond donors (Lipinski definition) is 0. The molecule has 0 saturated heterocycles. The third kappa shape index (κ3) is 4.57. The van der Waals surface area contributed by atoms with Gasteiger partial charge in [-0.05, 0) is 43.2 Å². The Morgan fingerprint density at radius 2 is 1.84 bits per heavy atom. The van der Waals surface area contributed by atoms with Gasteiger partial charge in [0.25, 0.3) is 5.91 Å². The second-order valence-corrected chi connectivity index (χ2v) is 5.54. The van der Waals surface area contributed by atoms with E-state index in [4.69, 9.17) is 4.84 Å². The fourth-order valence-corrected chi connectivity index (χ4v) is 2.59. The van der Waals surface area contributed by atoms with Gasteiger partial charge in [0.2, 0.25) is 0 Å². The lowest BCUT2D eigenvalue weighted by Crippen LogP contribution is -2.39. The van der Waals surface area contributed by atoms with E-state index >= 15 is 0 Å². The molecule has 0 bridgehead atoms. The van der Waals surface area contributed by atoms with Crippen LogP contribution >= 0.6 is 0 Å². The first-order chi connectivity index (χ1) is 11.7. The van der Waals surface area contributed by atoms with E-state index in [-0.39, 0.29) is 6.42 Å². The number of benzene rings is 2. The molecule has 134 valence electrons. The minimum Gasteiger partial charge on any atom is -0.274 e. The Hall–Kier alpha value is -2.41. The van der Waals surface area contributed by atoms with Crippen LogP contribution in [0.3, 0.4) is 0 Å². The number of hydrogen-bond acceptors (Lipinski definition) is 2. The van der Waals surface area contributed by atoms with Gasteiger partial charge in [0, 0.05) is 0 Å². The number of nitrogens with zero attached hydrogens (tertiary/aromatic N) is 1. The third-order valence-electron chi connectivity index (χ3n) is 3.68. The highest BCUT2D eigenvalue weighted by molar-refractivity contribution is 5.95. The lowest BCUT2D eigenvalue weighted by atomic mass is 10.0. The molecule has 3 nitrogen and oxygen atoms in total. The molecular weight excluding hydrogens is 338 g/mol. The molecule has 0 radical (unpaired) electrons. The van der Waals surface area contributed by atoms with Crippen LogP contribution in [0.5, 0.6) is 0 Å². The minimum absolute atomic E-state index is 0.228. The van der Waals surface area contributed by atoms with Crippen molar-refractivity contribution in [3.05, 3.63) is 71.0 Å². The van der Waals surface area contributed by atoms with E-state index in [1.165, 1.54) is 37.4 Å². The topological polar surface area (TPSA) is 29.5 Å². The number of halogens is 4. The van der Waals surface area contributed by atoms with Crippen LogP contribution in [-0.4, -0.2) is 24.1 Å². The number of amides is 1. The summed E-state index contributed by atoms with van der Waals surface area (Å²) in [4.78, 5) is 17.6. The first-order valence-corrected chi connectivity index (χ1v) is 7.52. The largest absolute Gasteiger partial charge is 0.417 e. The highest BCUT2D eigenvalue weighted by Crippen LogP contribution is 2.32. The average molecular weight is 355 g/mol. The summed E-state index contributed by atoms with van der Waals surface area (Å²) in [6, 6.07) is 9.70. The Balaban J connectivity index is 2.27. The molecule has 25 heavy (non-hydrogen) atoms. The molecule has 0 aliphatic heterocycles. The maximum absolute atomic E-state index is 13.3. The fraction of sp³-hybridized carbons (Fsp3) is 0.278. The Kier molecular flexibility index (Phi) is 5.79. The molecule has 2 aromatic rings. The smallest absolute Gasteiger partial charge is 0.274 e. The van der Waals surface area contributed by atoms with Crippen LogP contribution in [0.15, 0.2) is 48.5 Å². The van der Waals surface area contributed by atoms with Crippen molar-refractivity contribution in [1.29, 1.82) is 0 Å². The molecule has 1 atom stereocenters. The van der Waals surface area contributed by atoms with Gasteiger partial charge in [-0.1, -0.05) is 24.3 Å². The minimum atomic E-state index is -4.66. The van der Waals surface area contributed by atoms with Gasteiger partial charge in [0.05, 0.1) is 24.3 Å². The van der Waals surface area contributed by atoms with Crippen LogP contribution in [0, 0.1) is 5.82 Å². The molecule has 0 heterocycles. The summed E-state index contributed by atoms with van der Waals surface area (Å²) in [5, 5.41) is 0.871. The zero-order valence-corrected chi connectivity index (χ0v) is 13.7. The van der Waals surface area contributed by atoms with Crippen molar-refractivity contribution < 1.29 is 27.2 Å². The van der Waals surface area contributed by atoms with Gasteiger partial charge in [-0.3, -0.25) is 9.63 Å². The summed E-state index contributed by atoms with van der Waals surface area (Å²) in [5.41, 5.74) is -0.922. The van der Waals surface area contributed by atoms with E-state index in [2.05, 4.69) is 0 Å². The summed E-state index contributed by atoms with van der Waals surface area (Å²) >= 11 is 0. The average Bonchev–Trinajstić information content (AvgIpc) is 2.54. The number of hydroxylamine groups is 2. The zero-order valence-electron chi connectivity index (χ0n) is 13.7. The number of rotatable bonds is 5. The lowest BCUT2D eigenvalue weighted by molar-refractivity contribution is -0.140. The van der Waals surface area contributed by atoms with E-state index in [1.54, 1.807) is 13.0 Å². The Labute approximate surface area is 142 Å². The summed E-state index contributed by atoms with van der Waals surface area (Å²) < 4.78 is 52.6. The fourth-order valence-electron chi connectivity index (χ4n) is 2.59. The van der Waals surface area contributed by atoms with E-state index in [0.717, 1.165) is 17.2 Å². The maximum Gasteiger partial charge on any atom is 0.417 e. The van der Waals surface area contributed by atoms with Crippen molar-refractivity contribution in [3.63, 3.8) is 0 Å². The van der Waals surface area contributed by atoms with Gasteiger partial charge in [-0.15, -0.1) is 0 Å². The van der Waals surface area contributed by atoms with Crippen molar-refractivity contribution in [3.8, 4) is 0 Å². The maximum atomic E-state index is 13.3. The van der Waals surface area contributed by atoms with Crippen LogP contribution < -0.4 is 0 Å². The van der Waals surface area contributed by atoms with Gasteiger partial charge in [-0.2, -0.15) is 13.2 Å². The van der Waals surface area contributed by atoms with Crippen molar-refractivity contribution in [2.24, 2.45) is 0 Å². The molecule has 0 aromatic heterocycles. The van der Waals surface area contributed by atoms with E-state index < -0.39 is 35.1 Å². The van der Waals surface area contributed by atoms with Gasteiger partial charge in [0.1, 0.15) is 5.82 Å². The second-order valence-electron chi connectivity index (χ2n) is 5.54. The second kappa shape index (κ2) is 7.65. The molecule has 0 fully saturated rings. The molecule has 2 rings (SSSR count).